The lowest BCUT2D eigenvalue weighted by Gasteiger charge is -2.50. The molecule has 5 nitrogen and oxygen atoms in total. The molecule has 5 aliphatic rings. The van der Waals surface area contributed by atoms with Gasteiger partial charge in [0, 0.05) is 36.9 Å². The van der Waals surface area contributed by atoms with Gasteiger partial charge in [0.1, 0.15) is 5.82 Å². The molecule has 1 saturated carbocycles. The van der Waals surface area contributed by atoms with Crippen LogP contribution in [0.15, 0.2) is 18.3 Å². The van der Waals surface area contributed by atoms with E-state index in [4.69, 9.17) is 4.98 Å². The lowest BCUT2D eigenvalue weighted by atomic mass is 9.70. The molecule has 6 rings (SSSR count). The zero-order chi connectivity index (χ0) is 23.0. The van der Waals surface area contributed by atoms with Gasteiger partial charge in [0.2, 0.25) is 0 Å². The summed E-state index contributed by atoms with van der Waals surface area (Å²) in [7, 11) is 0. The number of nitrogens with one attached hydrogen (secondary N) is 1. The maximum atomic E-state index is 5.07. The molecule has 4 aliphatic heterocycles. The van der Waals surface area contributed by atoms with Crippen LogP contribution in [0.5, 0.6) is 0 Å². The van der Waals surface area contributed by atoms with Gasteiger partial charge in [0.15, 0.2) is 0 Å². The Kier molecular flexibility index (Phi) is 6.64. The smallest absolute Gasteiger partial charge is 0.128 e. The average molecular weight is 466 g/mol. The fourth-order valence-electron chi connectivity index (χ4n) is 7.87. The van der Waals surface area contributed by atoms with Gasteiger partial charge >= 0.3 is 0 Å². The van der Waals surface area contributed by atoms with Gasteiger partial charge in [-0.05, 0) is 121 Å². The molecule has 1 N–H and O–H groups in total. The average Bonchev–Trinajstić information content (AvgIpc) is 2.86. The molecule has 34 heavy (non-hydrogen) atoms. The van der Waals surface area contributed by atoms with Crippen molar-refractivity contribution in [2.45, 2.75) is 102 Å². The molecule has 1 aromatic rings. The number of aromatic nitrogens is 1. The fraction of sp³-hybridized carbons (Fsp3) is 0.828. The van der Waals surface area contributed by atoms with Crippen molar-refractivity contribution in [3.63, 3.8) is 0 Å². The molecule has 5 heteroatoms. The molecule has 0 radical (unpaired) electrons. The molecular formula is C29H47N5. The molecule has 1 aliphatic carbocycles. The Morgan fingerprint density at radius 2 is 1.53 bits per heavy atom. The van der Waals surface area contributed by atoms with Crippen LogP contribution in [0, 0.1) is 5.41 Å². The largest absolute Gasteiger partial charge is 0.357 e. The Morgan fingerprint density at radius 3 is 2.18 bits per heavy atom. The van der Waals surface area contributed by atoms with E-state index in [1.807, 2.05) is 0 Å². The maximum Gasteiger partial charge on any atom is 0.128 e. The van der Waals surface area contributed by atoms with E-state index < -0.39 is 0 Å². The zero-order valence-electron chi connectivity index (χ0n) is 21.6. The number of hydrogen-bond donors (Lipinski definition) is 1. The van der Waals surface area contributed by atoms with Crippen molar-refractivity contribution in [3.8, 4) is 0 Å². The normalized spacial score (nSPS) is 32.1. The monoisotopic (exact) mass is 465 g/mol. The number of pyridine rings is 1. The summed E-state index contributed by atoms with van der Waals surface area (Å²) in [6.45, 7) is 11.2. The van der Waals surface area contributed by atoms with Crippen LogP contribution in [0.4, 0.5) is 5.82 Å². The van der Waals surface area contributed by atoms with E-state index in [2.05, 4.69) is 45.3 Å². The summed E-state index contributed by atoms with van der Waals surface area (Å²) in [5.74, 6) is 1.21. The van der Waals surface area contributed by atoms with Gasteiger partial charge in [0.05, 0.1) is 0 Å². The minimum absolute atomic E-state index is 0.145. The lowest BCUT2D eigenvalue weighted by Crippen LogP contribution is -2.55. The first-order valence-electron chi connectivity index (χ1n) is 14.6. The standard InChI is InChI=1S/C29H47N5/c1-28(11-2-3-18-34(28)26-9-16-30-17-10-26)24-7-8-27(31-23-24)33-21-14-29(15-22-33)12-19-32(20-13-29)25-5-4-6-25/h7-8,23,25-26,30H,2-6,9-22H2,1H3/t28-/m1/s1. The minimum Gasteiger partial charge on any atom is -0.357 e. The van der Waals surface area contributed by atoms with Gasteiger partial charge in [-0.1, -0.05) is 18.9 Å². The highest BCUT2D eigenvalue weighted by Crippen LogP contribution is 2.44. The Labute approximate surface area is 207 Å². The molecule has 1 atom stereocenters. The van der Waals surface area contributed by atoms with Gasteiger partial charge in [-0.3, -0.25) is 4.90 Å². The molecule has 188 valence electrons. The van der Waals surface area contributed by atoms with Crippen molar-refractivity contribution in [1.29, 1.82) is 0 Å². The fourth-order valence-corrected chi connectivity index (χ4v) is 7.87. The predicted octanol–water partition coefficient (Wildman–Crippen LogP) is 4.77. The molecule has 1 aromatic heterocycles. The summed E-state index contributed by atoms with van der Waals surface area (Å²) >= 11 is 0. The number of hydrogen-bond acceptors (Lipinski definition) is 5. The van der Waals surface area contributed by atoms with Crippen molar-refractivity contribution < 1.29 is 0 Å². The van der Waals surface area contributed by atoms with Crippen LogP contribution in [0.2, 0.25) is 0 Å². The van der Waals surface area contributed by atoms with Crippen molar-refractivity contribution in [2.24, 2.45) is 5.41 Å². The first-order valence-corrected chi connectivity index (χ1v) is 14.6. The SMILES string of the molecule is C[C@]1(c2ccc(N3CCC4(CC3)CCN(C3CCC3)CC4)nc2)CCCCN1C1CCNCC1. The molecule has 0 bridgehead atoms. The van der Waals surface area contributed by atoms with E-state index in [1.165, 1.54) is 134 Å². The minimum atomic E-state index is 0.145. The number of nitrogens with zero attached hydrogens (tertiary/aromatic N) is 4. The molecule has 5 heterocycles. The second kappa shape index (κ2) is 9.71. The number of anilines is 1. The molecule has 5 fully saturated rings. The third-order valence-corrected chi connectivity index (χ3v) is 10.7. The third-order valence-electron chi connectivity index (χ3n) is 10.7. The van der Waals surface area contributed by atoms with Crippen LogP contribution in [-0.4, -0.2) is 72.7 Å². The Morgan fingerprint density at radius 1 is 0.794 bits per heavy atom. The molecule has 4 saturated heterocycles. The van der Waals surface area contributed by atoms with Crippen LogP contribution >= 0.6 is 0 Å². The number of likely N-dealkylation sites (tertiary alicyclic amines) is 2. The van der Waals surface area contributed by atoms with Crippen LogP contribution in [0.25, 0.3) is 0 Å². The van der Waals surface area contributed by atoms with Crippen LogP contribution in [0.3, 0.4) is 0 Å². The van der Waals surface area contributed by atoms with Gasteiger partial charge in [-0.2, -0.15) is 0 Å². The van der Waals surface area contributed by atoms with Crippen molar-refractivity contribution in [2.75, 3.05) is 50.7 Å². The van der Waals surface area contributed by atoms with Gasteiger partial charge < -0.3 is 15.1 Å². The topological polar surface area (TPSA) is 34.6 Å². The van der Waals surface area contributed by atoms with Crippen LogP contribution in [0.1, 0.15) is 89.5 Å². The van der Waals surface area contributed by atoms with E-state index in [0.29, 0.717) is 5.41 Å². The quantitative estimate of drug-likeness (QED) is 0.693. The zero-order valence-corrected chi connectivity index (χ0v) is 21.6. The molecule has 0 amide bonds. The van der Waals surface area contributed by atoms with Gasteiger partial charge in [0.25, 0.3) is 0 Å². The molecule has 0 unspecified atom stereocenters. The van der Waals surface area contributed by atoms with E-state index >= 15 is 0 Å². The van der Waals surface area contributed by atoms with Crippen molar-refractivity contribution in [1.82, 2.24) is 20.1 Å². The molecular weight excluding hydrogens is 418 g/mol. The third kappa shape index (κ3) is 4.41. The highest BCUT2D eigenvalue weighted by Gasteiger charge is 2.42. The Hall–Kier alpha value is -1.17. The van der Waals surface area contributed by atoms with E-state index in [0.717, 1.165) is 12.1 Å². The summed E-state index contributed by atoms with van der Waals surface area (Å²) in [5.41, 5.74) is 2.19. The van der Waals surface area contributed by atoms with Crippen LogP contribution < -0.4 is 10.2 Å². The summed E-state index contributed by atoms with van der Waals surface area (Å²) in [5, 5.41) is 3.55. The number of piperidine rings is 4. The van der Waals surface area contributed by atoms with E-state index in [1.54, 1.807) is 0 Å². The second-order valence-electron chi connectivity index (χ2n) is 12.4. The first-order chi connectivity index (χ1) is 16.7. The predicted molar refractivity (Wildman–Crippen MR) is 140 cm³/mol. The van der Waals surface area contributed by atoms with E-state index in [9.17, 15) is 0 Å². The highest BCUT2D eigenvalue weighted by atomic mass is 15.2. The summed E-state index contributed by atoms with van der Waals surface area (Å²) < 4.78 is 0. The number of rotatable bonds is 4. The van der Waals surface area contributed by atoms with E-state index in [-0.39, 0.29) is 5.54 Å². The van der Waals surface area contributed by atoms with Crippen LogP contribution in [-0.2, 0) is 5.54 Å². The molecule has 0 aromatic carbocycles. The summed E-state index contributed by atoms with van der Waals surface area (Å²) in [6, 6.07) is 6.41. The van der Waals surface area contributed by atoms with Gasteiger partial charge in [-0.15, -0.1) is 0 Å². The Balaban J connectivity index is 1.08. The summed E-state index contributed by atoms with van der Waals surface area (Å²) in [6.07, 6.45) is 18.7. The first kappa shape index (κ1) is 23.2. The van der Waals surface area contributed by atoms with Crippen molar-refractivity contribution in [3.05, 3.63) is 23.9 Å². The summed E-state index contributed by atoms with van der Waals surface area (Å²) in [4.78, 5) is 13.3. The highest BCUT2D eigenvalue weighted by molar-refractivity contribution is 5.41. The lowest BCUT2D eigenvalue weighted by molar-refractivity contribution is 0.00495. The second-order valence-corrected chi connectivity index (χ2v) is 12.4. The van der Waals surface area contributed by atoms with Crippen molar-refractivity contribution >= 4 is 5.82 Å². The maximum absolute atomic E-state index is 5.07. The molecule has 1 spiro atoms. The van der Waals surface area contributed by atoms with Gasteiger partial charge in [-0.25, -0.2) is 4.98 Å². The Bertz CT molecular complexity index is 796.